The number of likely N-dealkylation sites (N-methyl/N-ethyl adjacent to an activating group) is 1. The van der Waals surface area contributed by atoms with Crippen molar-refractivity contribution in [1.29, 1.82) is 0 Å². The molecule has 0 fully saturated rings. The second kappa shape index (κ2) is 7.25. The molecular formula is C13H25N5O. The van der Waals surface area contributed by atoms with Gasteiger partial charge in [-0.05, 0) is 13.8 Å². The molecule has 0 saturated heterocycles. The third-order valence-corrected chi connectivity index (χ3v) is 3.04. The Hall–Kier alpha value is -1.40. The molecule has 0 bridgehead atoms. The van der Waals surface area contributed by atoms with Crippen molar-refractivity contribution in [2.45, 2.75) is 33.6 Å². The number of ether oxygens (including phenoxy) is 1. The molecule has 0 aliphatic rings. The highest BCUT2D eigenvalue weighted by Gasteiger charge is 2.16. The zero-order chi connectivity index (χ0) is 14.4. The van der Waals surface area contributed by atoms with Gasteiger partial charge in [-0.1, -0.05) is 13.8 Å². The second-order valence-electron chi connectivity index (χ2n) is 4.75. The van der Waals surface area contributed by atoms with Crippen LogP contribution >= 0.6 is 0 Å². The molecule has 3 N–H and O–H groups in total. The maximum absolute atomic E-state index is 5.55. The standard InChI is InChI=1S/C13H25N5O/c1-6-18(7-8-19-5)13-10(4)12(17-14)15-11(16-13)9(2)3/h9H,6-8,14H2,1-5H3,(H,15,16,17). The van der Waals surface area contributed by atoms with Gasteiger partial charge in [-0.3, -0.25) is 0 Å². The van der Waals surface area contributed by atoms with E-state index in [4.69, 9.17) is 10.6 Å². The quantitative estimate of drug-likeness (QED) is 0.578. The number of aromatic nitrogens is 2. The number of nitrogens with one attached hydrogen (secondary N) is 1. The highest BCUT2D eigenvalue weighted by atomic mass is 16.5. The van der Waals surface area contributed by atoms with E-state index < -0.39 is 0 Å². The molecule has 0 atom stereocenters. The lowest BCUT2D eigenvalue weighted by Crippen LogP contribution is -2.29. The van der Waals surface area contributed by atoms with Crippen molar-refractivity contribution < 1.29 is 4.74 Å². The third kappa shape index (κ3) is 3.78. The molecule has 108 valence electrons. The van der Waals surface area contributed by atoms with Gasteiger partial charge < -0.3 is 15.1 Å². The van der Waals surface area contributed by atoms with E-state index in [1.807, 2.05) is 6.92 Å². The Kier molecular flexibility index (Phi) is 5.98. The Balaban J connectivity index is 3.18. The topological polar surface area (TPSA) is 76.3 Å². The summed E-state index contributed by atoms with van der Waals surface area (Å²) in [6.07, 6.45) is 0. The molecule has 1 heterocycles. The van der Waals surface area contributed by atoms with E-state index in [-0.39, 0.29) is 5.92 Å². The molecule has 0 spiro atoms. The van der Waals surface area contributed by atoms with Crippen LogP contribution in [0.1, 0.15) is 38.1 Å². The number of nitrogens with zero attached hydrogens (tertiary/aromatic N) is 3. The first-order valence-corrected chi connectivity index (χ1v) is 6.64. The van der Waals surface area contributed by atoms with Gasteiger partial charge in [0.05, 0.1) is 6.61 Å². The lowest BCUT2D eigenvalue weighted by molar-refractivity contribution is 0.205. The van der Waals surface area contributed by atoms with Crippen LogP contribution < -0.4 is 16.2 Å². The molecule has 6 nitrogen and oxygen atoms in total. The van der Waals surface area contributed by atoms with E-state index in [9.17, 15) is 0 Å². The maximum Gasteiger partial charge on any atom is 0.148 e. The number of rotatable bonds is 7. The summed E-state index contributed by atoms with van der Waals surface area (Å²) >= 11 is 0. The fraction of sp³-hybridized carbons (Fsp3) is 0.692. The van der Waals surface area contributed by atoms with Crippen LogP contribution in [0.3, 0.4) is 0 Å². The molecule has 0 unspecified atom stereocenters. The molecule has 0 amide bonds. The van der Waals surface area contributed by atoms with E-state index >= 15 is 0 Å². The van der Waals surface area contributed by atoms with Crippen molar-refractivity contribution in [2.24, 2.45) is 5.84 Å². The van der Waals surface area contributed by atoms with E-state index in [0.717, 1.165) is 30.3 Å². The number of hydrazine groups is 1. The molecular weight excluding hydrogens is 242 g/mol. The normalized spacial score (nSPS) is 10.9. The molecule has 19 heavy (non-hydrogen) atoms. The minimum Gasteiger partial charge on any atom is -0.383 e. The van der Waals surface area contributed by atoms with Gasteiger partial charge in [-0.2, -0.15) is 0 Å². The highest BCUT2D eigenvalue weighted by molar-refractivity contribution is 5.58. The highest BCUT2D eigenvalue weighted by Crippen LogP contribution is 2.25. The van der Waals surface area contributed by atoms with Crippen LogP contribution in [0.5, 0.6) is 0 Å². The molecule has 0 radical (unpaired) electrons. The number of anilines is 2. The van der Waals surface area contributed by atoms with Gasteiger partial charge >= 0.3 is 0 Å². The van der Waals surface area contributed by atoms with Crippen molar-refractivity contribution in [2.75, 3.05) is 37.1 Å². The fourth-order valence-electron chi connectivity index (χ4n) is 1.84. The van der Waals surface area contributed by atoms with Crippen molar-refractivity contribution in [3.8, 4) is 0 Å². The summed E-state index contributed by atoms with van der Waals surface area (Å²) in [4.78, 5) is 11.3. The summed E-state index contributed by atoms with van der Waals surface area (Å²) in [7, 11) is 1.70. The molecule has 0 aliphatic heterocycles. The van der Waals surface area contributed by atoms with Gasteiger partial charge in [0.2, 0.25) is 0 Å². The smallest absolute Gasteiger partial charge is 0.148 e. The van der Waals surface area contributed by atoms with E-state index in [2.05, 4.69) is 41.1 Å². The first kappa shape index (κ1) is 15.7. The number of methoxy groups -OCH3 is 1. The van der Waals surface area contributed by atoms with Crippen LogP contribution in [0.4, 0.5) is 11.6 Å². The van der Waals surface area contributed by atoms with Gasteiger partial charge in [0.25, 0.3) is 0 Å². The summed E-state index contributed by atoms with van der Waals surface area (Å²) in [5, 5.41) is 0. The average Bonchev–Trinajstić information content (AvgIpc) is 2.40. The van der Waals surface area contributed by atoms with Crippen molar-refractivity contribution in [3.63, 3.8) is 0 Å². The zero-order valence-corrected chi connectivity index (χ0v) is 12.5. The molecule has 6 heteroatoms. The largest absolute Gasteiger partial charge is 0.383 e. The predicted molar refractivity (Wildman–Crippen MR) is 78.4 cm³/mol. The number of hydrogen-bond acceptors (Lipinski definition) is 6. The van der Waals surface area contributed by atoms with Crippen LogP contribution in [-0.4, -0.2) is 36.8 Å². The predicted octanol–water partition coefficient (Wildman–Crippen LogP) is 1.67. The molecule has 0 saturated carbocycles. The molecule has 1 aromatic heterocycles. The molecule has 1 rings (SSSR count). The van der Waals surface area contributed by atoms with Gasteiger partial charge in [-0.15, -0.1) is 0 Å². The summed E-state index contributed by atoms with van der Waals surface area (Å²) in [5.41, 5.74) is 3.62. The van der Waals surface area contributed by atoms with Gasteiger partial charge in [-0.25, -0.2) is 15.8 Å². The van der Waals surface area contributed by atoms with Gasteiger partial charge in [0, 0.05) is 31.7 Å². The van der Waals surface area contributed by atoms with Gasteiger partial charge in [0.1, 0.15) is 17.5 Å². The third-order valence-electron chi connectivity index (χ3n) is 3.04. The van der Waals surface area contributed by atoms with E-state index in [1.165, 1.54) is 0 Å². The van der Waals surface area contributed by atoms with Crippen molar-refractivity contribution >= 4 is 11.6 Å². The molecule has 1 aromatic rings. The summed E-state index contributed by atoms with van der Waals surface area (Å²) in [5.74, 6) is 8.21. The van der Waals surface area contributed by atoms with Gasteiger partial charge in [0.15, 0.2) is 0 Å². The first-order chi connectivity index (χ1) is 9.04. The average molecular weight is 267 g/mol. The first-order valence-electron chi connectivity index (χ1n) is 6.64. The number of nitrogens with two attached hydrogens (primary N) is 1. The molecule has 0 aromatic carbocycles. The van der Waals surface area contributed by atoms with Crippen LogP contribution in [-0.2, 0) is 4.74 Å². The lowest BCUT2D eigenvalue weighted by atomic mass is 10.2. The Morgan fingerprint density at radius 3 is 2.53 bits per heavy atom. The van der Waals surface area contributed by atoms with Crippen LogP contribution in [0.25, 0.3) is 0 Å². The van der Waals surface area contributed by atoms with Crippen LogP contribution in [0, 0.1) is 6.92 Å². The minimum absolute atomic E-state index is 0.257. The summed E-state index contributed by atoms with van der Waals surface area (Å²) in [6.45, 7) is 10.5. The zero-order valence-electron chi connectivity index (χ0n) is 12.5. The molecule has 0 aliphatic carbocycles. The van der Waals surface area contributed by atoms with Crippen molar-refractivity contribution in [1.82, 2.24) is 9.97 Å². The number of hydrogen-bond donors (Lipinski definition) is 2. The maximum atomic E-state index is 5.55. The Morgan fingerprint density at radius 1 is 1.37 bits per heavy atom. The van der Waals surface area contributed by atoms with E-state index in [0.29, 0.717) is 12.4 Å². The Labute approximate surface area is 115 Å². The monoisotopic (exact) mass is 267 g/mol. The van der Waals surface area contributed by atoms with Crippen LogP contribution in [0.15, 0.2) is 0 Å². The lowest BCUT2D eigenvalue weighted by Gasteiger charge is -2.25. The summed E-state index contributed by atoms with van der Waals surface area (Å²) < 4.78 is 5.14. The van der Waals surface area contributed by atoms with Crippen molar-refractivity contribution in [3.05, 3.63) is 11.4 Å². The number of nitrogen functional groups attached to an aromatic ring is 1. The Bertz CT molecular complexity index is 408. The van der Waals surface area contributed by atoms with Crippen LogP contribution in [0.2, 0.25) is 0 Å². The second-order valence-corrected chi connectivity index (χ2v) is 4.75. The SMILES string of the molecule is CCN(CCOC)c1nc(C(C)C)nc(NN)c1C. The summed E-state index contributed by atoms with van der Waals surface area (Å²) in [6, 6.07) is 0. The Morgan fingerprint density at radius 2 is 2.05 bits per heavy atom. The minimum atomic E-state index is 0.257. The fourth-order valence-corrected chi connectivity index (χ4v) is 1.84. The van der Waals surface area contributed by atoms with E-state index in [1.54, 1.807) is 7.11 Å².